The van der Waals surface area contributed by atoms with E-state index >= 15 is 0 Å². The topological polar surface area (TPSA) is 52.0 Å². The summed E-state index contributed by atoms with van der Waals surface area (Å²) in [6, 6.07) is 5.91. The van der Waals surface area contributed by atoms with Gasteiger partial charge in [0.05, 0.1) is 0 Å². The van der Waals surface area contributed by atoms with Crippen molar-refractivity contribution in [1.29, 1.82) is 0 Å². The van der Waals surface area contributed by atoms with Crippen LogP contribution < -0.4 is 11.5 Å². The van der Waals surface area contributed by atoms with Crippen molar-refractivity contribution in [1.82, 2.24) is 0 Å². The molecule has 0 radical (unpaired) electrons. The molecule has 0 bridgehead atoms. The fourth-order valence-corrected chi connectivity index (χ4v) is 1.16. The lowest BCUT2D eigenvalue weighted by atomic mass is 10.1. The van der Waals surface area contributed by atoms with E-state index in [1.807, 2.05) is 18.2 Å². The summed E-state index contributed by atoms with van der Waals surface area (Å²) in [5.74, 6) is 0. The van der Waals surface area contributed by atoms with E-state index in [0.29, 0.717) is 6.54 Å². The minimum Gasteiger partial charge on any atom is -0.398 e. The Balaban J connectivity index is 0. The lowest BCUT2D eigenvalue weighted by Crippen LogP contribution is -2.03. The second kappa shape index (κ2) is 7.44. The maximum atomic E-state index is 5.66. The predicted molar refractivity (Wildman–Crippen MR) is 65.8 cm³/mol. The average molecular weight is 288 g/mol. The van der Waals surface area contributed by atoms with Gasteiger partial charge in [-0.1, -0.05) is 6.07 Å². The van der Waals surface area contributed by atoms with E-state index in [-0.39, 0.29) is 24.8 Å². The van der Waals surface area contributed by atoms with Crippen LogP contribution in [0.25, 0.3) is 0 Å². The Kier molecular flexibility index (Phi) is 8.88. The highest BCUT2D eigenvalue weighted by molar-refractivity contribution is 9.10. The Morgan fingerprint density at radius 3 is 2.31 bits per heavy atom. The smallest absolute Gasteiger partial charge is 0.0461 e. The Morgan fingerprint density at radius 2 is 1.85 bits per heavy atom. The van der Waals surface area contributed by atoms with Gasteiger partial charge in [0.25, 0.3) is 0 Å². The monoisotopic (exact) mass is 286 g/mol. The molecular formula is C8H13BrCl2N2. The molecular weight excluding hydrogens is 275 g/mol. The van der Waals surface area contributed by atoms with E-state index in [4.69, 9.17) is 11.5 Å². The second-order valence-electron chi connectivity index (χ2n) is 2.39. The molecule has 0 aliphatic rings. The number of nitrogens with two attached hydrogens (primary N) is 2. The van der Waals surface area contributed by atoms with Gasteiger partial charge in [-0.15, -0.1) is 24.8 Å². The van der Waals surface area contributed by atoms with Crippen LogP contribution in [0.5, 0.6) is 0 Å². The van der Waals surface area contributed by atoms with E-state index in [1.54, 1.807) is 0 Å². The first-order valence-corrected chi connectivity index (χ1v) is 4.27. The summed E-state index contributed by atoms with van der Waals surface area (Å²) in [5, 5.41) is 0. The van der Waals surface area contributed by atoms with Crippen LogP contribution in [0, 0.1) is 0 Å². The van der Waals surface area contributed by atoms with Crippen LogP contribution in [0.2, 0.25) is 0 Å². The summed E-state index contributed by atoms with van der Waals surface area (Å²) in [6.07, 6.45) is 0.886. The largest absolute Gasteiger partial charge is 0.398 e. The summed E-state index contributed by atoms with van der Waals surface area (Å²) in [4.78, 5) is 0. The molecule has 13 heavy (non-hydrogen) atoms. The van der Waals surface area contributed by atoms with E-state index in [0.717, 1.165) is 16.6 Å². The zero-order valence-electron chi connectivity index (χ0n) is 7.00. The zero-order chi connectivity index (χ0) is 8.27. The number of rotatable bonds is 2. The van der Waals surface area contributed by atoms with Gasteiger partial charge in [-0.05, 0) is 46.6 Å². The molecule has 0 unspecified atom stereocenters. The van der Waals surface area contributed by atoms with Crippen LogP contribution >= 0.6 is 40.7 Å². The summed E-state index contributed by atoms with van der Waals surface area (Å²) in [6.45, 7) is 0.668. The van der Waals surface area contributed by atoms with Crippen LogP contribution in [0.15, 0.2) is 22.7 Å². The normalized spacial score (nSPS) is 8.46. The van der Waals surface area contributed by atoms with E-state index < -0.39 is 0 Å². The van der Waals surface area contributed by atoms with E-state index in [9.17, 15) is 0 Å². The molecule has 5 heteroatoms. The molecule has 0 fully saturated rings. The van der Waals surface area contributed by atoms with Crippen LogP contribution in [-0.4, -0.2) is 6.54 Å². The van der Waals surface area contributed by atoms with Crippen molar-refractivity contribution in [3.05, 3.63) is 28.2 Å². The van der Waals surface area contributed by atoms with Crippen molar-refractivity contribution in [2.45, 2.75) is 6.42 Å². The van der Waals surface area contributed by atoms with Gasteiger partial charge in [-0.3, -0.25) is 0 Å². The Hall–Kier alpha value is 0.0400. The van der Waals surface area contributed by atoms with Crippen molar-refractivity contribution in [3.63, 3.8) is 0 Å². The second-order valence-corrected chi connectivity index (χ2v) is 3.25. The number of hydrogen-bond donors (Lipinski definition) is 2. The minimum absolute atomic E-state index is 0. The Labute approximate surface area is 99.0 Å². The van der Waals surface area contributed by atoms with Gasteiger partial charge in [-0.25, -0.2) is 0 Å². The highest BCUT2D eigenvalue weighted by atomic mass is 79.9. The van der Waals surface area contributed by atoms with Crippen LogP contribution in [0.3, 0.4) is 0 Å². The minimum atomic E-state index is 0. The first-order chi connectivity index (χ1) is 5.24. The number of hydrogen-bond acceptors (Lipinski definition) is 2. The molecule has 0 aromatic heterocycles. The third-order valence-electron chi connectivity index (χ3n) is 1.49. The molecule has 4 N–H and O–H groups in total. The molecule has 0 saturated carbocycles. The fourth-order valence-electron chi connectivity index (χ4n) is 0.915. The van der Waals surface area contributed by atoms with Gasteiger partial charge in [0.15, 0.2) is 0 Å². The van der Waals surface area contributed by atoms with Crippen LogP contribution in [0.4, 0.5) is 5.69 Å². The van der Waals surface area contributed by atoms with Gasteiger partial charge in [-0.2, -0.15) is 0 Å². The fraction of sp³-hybridized carbons (Fsp3) is 0.250. The number of nitrogen functional groups attached to an aromatic ring is 1. The van der Waals surface area contributed by atoms with Crippen LogP contribution in [0.1, 0.15) is 5.56 Å². The van der Waals surface area contributed by atoms with Gasteiger partial charge < -0.3 is 11.5 Å². The number of benzene rings is 1. The first-order valence-electron chi connectivity index (χ1n) is 3.48. The molecule has 0 saturated heterocycles. The van der Waals surface area contributed by atoms with E-state index in [2.05, 4.69) is 15.9 Å². The highest BCUT2D eigenvalue weighted by Crippen LogP contribution is 2.20. The molecule has 0 aliphatic heterocycles. The van der Waals surface area contributed by atoms with E-state index in [1.165, 1.54) is 5.56 Å². The maximum Gasteiger partial charge on any atom is 0.0461 e. The molecule has 1 aromatic carbocycles. The standard InChI is InChI=1S/C8H11BrN2.2ClH/c9-7-2-1-6(3-4-10)5-8(7)11;;/h1-2,5H,3-4,10-11H2;2*1H. The molecule has 0 amide bonds. The summed E-state index contributed by atoms with van der Waals surface area (Å²) >= 11 is 3.32. The van der Waals surface area contributed by atoms with Gasteiger partial charge >= 0.3 is 0 Å². The van der Waals surface area contributed by atoms with Crippen molar-refractivity contribution in [2.75, 3.05) is 12.3 Å². The molecule has 2 nitrogen and oxygen atoms in total. The predicted octanol–water partition coefficient (Wildman–Crippen LogP) is 2.38. The highest BCUT2D eigenvalue weighted by Gasteiger charge is 1.95. The molecule has 0 aliphatic carbocycles. The average Bonchev–Trinajstić information content (AvgIpc) is 1.98. The summed E-state index contributed by atoms with van der Waals surface area (Å²) < 4.78 is 0.943. The Morgan fingerprint density at radius 1 is 1.23 bits per heavy atom. The first kappa shape index (κ1) is 15.5. The van der Waals surface area contributed by atoms with Gasteiger partial charge in [0.1, 0.15) is 0 Å². The molecule has 0 atom stereocenters. The SMILES string of the molecule is Cl.Cl.NCCc1ccc(Br)c(N)c1. The third kappa shape index (κ3) is 4.72. The lowest BCUT2D eigenvalue weighted by Gasteiger charge is -2.01. The van der Waals surface area contributed by atoms with Gasteiger partial charge in [0.2, 0.25) is 0 Å². The lowest BCUT2D eigenvalue weighted by molar-refractivity contribution is 0.969. The maximum absolute atomic E-state index is 5.66. The number of anilines is 1. The van der Waals surface area contributed by atoms with Crippen molar-refractivity contribution in [3.8, 4) is 0 Å². The summed E-state index contributed by atoms with van der Waals surface area (Å²) in [5.41, 5.74) is 13.0. The molecule has 0 heterocycles. The summed E-state index contributed by atoms with van der Waals surface area (Å²) in [7, 11) is 0. The van der Waals surface area contributed by atoms with Crippen molar-refractivity contribution >= 4 is 46.4 Å². The van der Waals surface area contributed by atoms with Crippen molar-refractivity contribution in [2.24, 2.45) is 5.73 Å². The zero-order valence-corrected chi connectivity index (χ0v) is 10.2. The van der Waals surface area contributed by atoms with Crippen LogP contribution in [-0.2, 0) is 6.42 Å². The van der Waals surface area contributed by atoms with Crippen molar-refractivity contribution < 1.29 is 0 Å². The van der Waals surface area contributed by atoms with Gasteiger partial charge in [0, 0.05) is 10.2 Å². The quantitative estimate of drug-likeness (QED) is 0.821. The number of halogens is 3. The molecule has 1 rings (SSSR count). The molecule has 76 valence electrons. The molecule has 0 spiro atoms. The Bertz CT molecular complexity index is 256. The molecule has 1 aromatic rings. The third-order valence-corrected chi connectivity index (χ3v) is 2.22.